The van der Waals surface area contributed by atoms with Crippen LogP contribution in [0.2, 0.25) is 0 Å². The lowest BCUT2D eigenvalue weighted by Crippen LogP contribution is -2.06. The number of rotatable bonds is 2. The molecule has 2 rings (SSSR count). The van der Waals surface area contributed by atoms with E-state index in [4.69, 9.17) is 4.74 Å². The van der Waals surface area contributed by atoms with Crippen molar-refractivity contribution >= 4 is 0 Å². The van der Waals surface area contributed by atoms with Crippen molar-refractivity contribution in [1.29, 1.82) is 0 Å². The second kappa shape index (κ2) is 4.28. The van der Waals surface area contributed by atoms with Crippen LogP contribution in [0.15, 0.2) is 18.3 Å². The third kappa shape index (κ3) is 2.58. The average molecular weight is 258 g/mol. The molecule has 0 aromatic carbocycles. The highest BCUT2D eigenvalue weighted by atomic mass is 19.4. The molecule has 0 N–H and O–H groups in total. The Morgan fingerprint density at radius 2 is 2.00 bits per heavy atom. The smallest absolute Gasteiger partial charge is 0.419 e. The van der Waals surface area contributed by atoms with E-state index in [2.05, 4.69) is 15.3 Å². The van der Waals surface area contributed by atoms with Gasteiger partial charge in [-0.3, -0.25) is 0 Å². The van der Waals surface area contributed by atoms with Gasteiger partial charge in [-0.15, -0.1) is 5.10 Å². The molecule has 2 aromatic heterocycles. The SMILES string of the molecule is Cc1cnnc(Oc2cc(C(F)(F)F)nn2C)c1. The van der Waals surface area contributed by atoms with E-state index < -0.39 is 11.9 Å². The molecular formula is C10H9F3N4O. The molecule has 5 nitrogen and oxygen atoms in total. The molecule has 0 amide bonds. The molecule has 18 heavy (non-hydrogen) atoms. The first kappa shape index (κ1) is 12.3. The predicted octanol–water partition coefficient (Wildman–Crippen LogP) is 2.33. The first-order valence-corrected chi connectivity index (χ1v) is 4.94. The van der Waals surface area contributed by atoms with Gasteiger partial charge in [0.25, 0.3) is 0 Å². The molecule has 0 radical (unpaired) electrons. The van der Waals surface area contributed by atoms with Gasteiger partial charge in [0.1, 0.15) is 0 Å². The normalized spacial score (nSPS) is 11.6. The minimum atomic E-state index is -4.50. The lowest BCUT2D eigenvalue weighted by atomic mass is 10.3. The number of hydrogen-bond donors (Lipinski definition) is 0. The number of nitrogens with zero attached hydrogens (tertiary/aromatic N) is 4. The van der Waals surface area contributed by atoms with Crippen molar-refractivity contribution in [1.82, 2.24) is 20.0 Å². The van der Waals surface area contributed by atoms with Gasteiger partial charge in [0.05, 0.1) is 6.20 Å². The highest BCUT2D eigenvalue weighted by molar-refractivity contribution is 5.24. The summed E-state index contributed by atoms with van der Waals surface area (Å²) in [4.78, 5) is 0. The van der Waals surface area contributed by atoms with Gasteiger partial charge >= 0.3 is 6.18 Å². The highest BCUT2D eigenvalue weighted by Gasteiger charge is 2.35. The third-order valence-electron chi connectivity index (χ3n) is 2.11. The zero-order valence-corrected chi connectivity index (χ0v) is 9.56. The molecule has 2 heterocycles. The zero-order valence-electron chi connectivity index (χ0n) is 9.56. The summed E-state index contributed by atoms with van der Waals surface area (Å²) in [5.74, 6) is 0.0638. The van der Waals surface area contributed by atoms with E-state index in [1.165, 1.54) is 13.2 Å². The van der Waals surface area contributed by atoms with Crippen LogP contribution in [0.4, 0.5) is 13.2 Å². The van der Waals surface area contributed by atoms with E-state index in [0.717, 1.165) is 16.3 Å². The highest BCUT2D eigenvalue weighted by Crippen LogP contribution is 2.31. The maximum Gasteiger partial charge on any atom is 0.435 e. The monoisotopic (exact) mass is 258 g/mol. The maximum atomic E-state index is 12.4. The second-order valence-corrected chi connectivity index (χ2v) is 3.66. The van der Waals surface area contributed by atoms with Crippen LogP contribution in [0.5, 0.6) is 11.8 Å². The molecule has 96 valence electrons. The third-order valence-corrected chi connectivity index (χ3v) is 2.11. The van der Waals surface area contributed by atoms with E-state index in [1.54, 1.807) is 13.0 Å². The van der Waals surface area contributed by atoms with Gasteiger partial charge in [0, 0.05) is 19.2 Å². The fraction of sp³-hybridized carbons (Fsp3) is 0.300. The van der Waals surface area contributed by atoms with Gasteiger partial charge < -0.3 is 4.74 Å². The number of alkyl halides is 3. The minimum absolute atomic E-state index is 0.0535. The molecule has 0 fully saturated rings. The van der Waals surface area contributed by atoms with Crippen LogP contribution in [-0.4, -0.2) is 20.0 Å². The molecule has 0 spiro atoms. The zero-order chi connectivity index (χ0) is 13.3. The molecule has 0 saturated heterocycles. The Morgan fingerprint density at radius 1 is 1.28 bits per heavy atom. The lowest BCUT2D eigenvalue weighted by molar-refractivity contribution is -0.141. The van der Waals surface area contributed by atoms with Gasteiger partial charge in [-0.05, 0) is 12.5 Å². The van der Waals surface area contributed by atoms with Crippen molar-refractivity contribution in [2.75, 3.05) is 0 Å². The van der Waals surface area contributed by atoms with Crippen LogP contribution in [-0.2, 0) is 13.2 Å². The average Bonchev–Trinajstić information content (AvgIpc) is 2.60. The number of aryl methyl sites for hydroxylation is 2. The Labute approximate surface area is 100 Å². The largest absolute Gasteiger partial charge is 0.435 e. The fourth-order valence-corrected chi connectivity index (χ4v) is 1.28. The van der Waals surface area contributed by atoms with Crippen LogP contribution in [0, 0.1) is 6.92 Å². The molecule has 0 atom stereocenters. The fourth-order valence-electron chi connectivity index (χ4n) is 1.28. The topological polar surface area (TPSA) is 52.8 Å². The van der Waals surface area contributed by atoms with Crippen molar-refractivity contribution in [2.24, 2.45) is 7.05 Å². The van der Waals surface area contributed by atoms with Gasteiger partial charge in [0.15, 0.2) is 5.69 Å². The summed E-state index contributed by atoms with van der Waals surface area (Å²) in [5.41, 5.74) is -0.223. The molecule has 0 aliphatic rings. The van der Waals surface area contributed by atoms with Crippen LogP contribution in [0.1, 0.15) is 11.3 Å². The molecular weight excluding hydrogens is 249 g/mol. The summed E-state index contributed by atoms with van der Waals surface area (Å²) in [6.07, 6.45) is -2.99. The van der Waals surface area contributed by atoms with Crippen molar-refractivity contribution in [2.45, 2.75) is 13.1 Å². The molecule has 0 bridgehead atoms. The molecule has 0 aliphatic carbocycles. The molecule has 2 aromatic rings. The van der Waals surface area contributed by atoms with Gasteiger partial charge in [-0.2, -0.15) is 23.4 Å². The summed E-state index contributed by atoms with van der Waals surface area (Å²) in [5, 5.41) is 10.6. The Balaban J connectivity index is 2.27. The van der Waals surface area contributed by atoms with Crippen LogP contribution in [0.25, 0.3) is 0 Å². The van der Waals surface area contributed by atoms with Crippen molar-refractivity contribution in [3.8, 4) is 11.8 Å². The van der Waals surface area contributed by atoms with E-state index in [1.807, 2.05) is 0 Å². The Morgan fingerprint density at radius 3 is 2.56 bits per heavy atom. The lowest BCUT2D eigenvalue weighted by Gasteiger charge is -2.03. The quantitative estimate of drug-likeness (QED) is 0.829. The van der Waals surface area contributed by atoms with Crippen LogP contribution >= 0.6 is 0 Å². The molecule has 8 heteroatoms. The van der Waals surface area contributed by atoms with Crippen molar-refractivity contribution in [3.63, 3.8) is 0 Å². The number of hydrogen-bond acceptors (Lipinski definition) is 4. The summed E-state index contributed by atoms with van der Waals surface area (Å²) in [6, 6.07) is 2.37. The first-order chi connectivity index (χ1) is 8.36. The summed E-state index contributed by atoms with van der Waals surface area (Å²) in [7, 11) is 1.35. The van der Waals surface area contributed by atoms with Crippen molar-refractivity contribution < 1.29 is 17.9 Å². The standard InChI is InChI=1S/C10H9F3N4O/c1-6-3-8(15-14-5-6)18-9-4-7(10(11,12)13)16-17(9)2/h3-5H,1-2H3. The molecule has 0 unspecified atom stereocenters. The number of halogens is 3. The number of aromatic nitrogens is 4. The van der Waals surface area contributed by atoms with Gasteiger partial charge in [-0.1, -0.05) is 0 Å². The minimum Gasteiger partial charge on any atom is -0.419 e. The Hall–Kier alpha value is -2.12. The summed E-state index contributed by atoms with van der Waals surface area (Å²) >= 11 is 0. The van der Waals surface area contributed by atoms with Crippen LogP contribution < -0.4 is 4.74 Å². The van der Waals surface area contributed by atoms with Crippen LogP contribution in [0.3, 0.4) is 0 Å². The van der Waals surface area contributed by atoms with E-state index >= 15 is 0 Å². The first-order valence-electron chi connectivity index (χ1n) is 4.94. The molecule has 0 aliphatic heterocycles. The Bertz CT molecular complexity index is 564. The second-order valence-electron chi connectivity index (χ2n) is 3.66. The Kier molecular flexibility index (Phi) is 2.93. The van der Waals surface area contributed by atoms with E-state index in [-0.39, 0.29) is 11.8 Å². The predicted molar refractivity (Wildman–Crippen MR) is 55.1 cm³/mol. The summed E-state index contributed by atoms with van der Waals surface area (Å²) in [6.45, 7) is 1.77. The van der Waals surface area contributed by atoms with Gasteiger partial charge in [0.2, 0.25) is 11.8 Å². The maximum absolute atomic E-state index is 12.4. The van der Waals surface area contributed by atoms with E-state index in [0.29, 0.717) is 0 Å². The van der Waals surface area contributed by atoms with Gasteiger partial charge in [-0.25, -0.2) is 4.68 Å². The summed E-state index contributed by atoms with van der Waals surface area (Å²) < 4.78 is 43.5. The number of ether oxygens (including phenoxy) is 1. The van der Waals surface area contributed by atoms with Crippen molar-refractivity contribution in [3.05, 3.63) is 29.6 Å². The van der Waals surface area contributed by atoms with E-state index in [9.17, 15) is 13.2 Å². The molecule has 0 saturated carbocycles.